The van der Waals surface area contributed by atoms with Gasteiger partial charge in [0, 0.05) is 11.8 Å². The number of methoxy groups -OCH3 is 2. The first-order valence-corrected chi connectivity index (χ1v) is 7.58. The van der Waals surface area contributed by atoms with Crippen molar-refractivity contribution < 1.29 is 14.6 Å². The van der Waals surface area contributed by atoms with E-state index in [1.165, 1.54) is 13.2 Å². The molecule has 0 aliphatic heterocycles. The van der Waals surface area contributed by atoms with Crippen molar-refractivity contribution in [1.82, 2.24) is 0 Å². The number of allylic oxidation sites excluding steroid dienone is 2. The quantitative estimate of drug-likeness (QED) is 0.769. The van der Waals surface area contributed by atoms with Crippen molar-refractivity contribution in [3.8, 4) is 23.3 Å². The third-order valence-corrected chi connectivity index (χ3v) is 3.56. The van der Waals surface area contributed by atoms with E-state index in [0.717, 1.165) is 16.9 Å². The zero-order valence-electron chi connectivity index (χ0n) is 14.5. The molecule has 2 rings (SSSR count). The van der Waals surface area contributed by atoms with Crippen LogP contribution in [-0.2, 0) is 0 Å². The van der Waals surface area contributed by atoms with Gasteiger partial charge in [-0.3, -0.25) is 0 Å². The number of aromatic hydroxyl groups is 1. The molecule has 5 heteroatoms. The van der Waals surface area contributed by atoms with E-state index in [4.69, 9.17) is 9.47 Å². The molecule has 0 spiro atoms. The lowest BCUT2D eigenvalue weighted by atomic mass is 9.96. The summed E-state index contributed by atoms with van der Waals surface area (Å²) in [6.07, 6.45) is 1.44. The topological polar surface area (TPSA) is 74.5 Å². The Morgan fingerprint density at radius 3 is 2.24 bits per heavy atom. The van der Waals surface area contributed by atoms with E-state index in [0.29, 0.717) is 22.6 Å². The van der Waals surface area contributed by atoms with Gasteiger partial charge in [-0.2, -0.15) is 5.26 Å². The first kappa shape index (κ1) is 18.0. The molecule has 0 fully saturated rings. The number of anilines is 1. The third-order valence-electron chi connectivity index (χ3n) is 3.56. The van der Waals surface area contributed by atoms with Crippen molar-refractivity contribution in [3.05, 3.63) is 65.9 Å². The first-order chi connectivity index (χ1) is 12.0. The van der Waals surface area contributed by atoms with Crippen molar-refractivity contribution in [2.24, 2.45) is 0 Å². The summed E-state index contributed by atoms with van der Waals surface area (Å²) in [5.74, 6) is 1.05. The van der Waals surface area contributed by atoms with Crippen LogP contribution in [0.1, 0.15) is 18.1 Å². The standard InChI is InChI=1S/C20H20N2O3/c1-13(2)22-17-11-14(5-7-19(17)24-3)16(9-10-21)15-6-8-20(25-4)18(23)12-15/h5-9,11-12,22-23H,1H2,2-4H3. The molecule has 2 aromatic rings. The van der Waals surface area contributed by atoms with Gasteiger partial charge in [0.2, 0.25) is 0 Å². The highest BCUT2D eigenvalue weighted by atomic mass is 16.5. The summed E-state index contributed by atoms with van der Waals surface area (Å²) in [7, 11) is 3.08. The fraction of sp³-hybridized carbons (Fsp3) is 0.150. The first-order valence-electron chi connectivity index (χ1n) is 7.58. The summed E-state index contributed by atoms with van der Waals surface area (Å²) in [4.78, 5) is 0. The van der Waals surface area contributed by atoms with E-state index >= 15 is 0 Å². The van der Waals surface area contributed by atoms with Crippen LogP contribution in [0.3, 0.4) is 0 Å². The average Bonchev–Trinajstić information content (AvgIpc) is 2.59. The Balaban J connectivity index is 2.55. The monoisotopic (exact) mass is 336 g/mol. The maximum atomic E-state index is 10.0. The highest BCUT2D eigenvalue weighted by molar-refractivity contribution is 5.84. The Morgan fingerprint density at radius 1 is 1.12 bits per heavy atom. The third kappa shape index (κ3) is 4.12. The molecular weight excluding hydrogens is 316 g/mol. The van der Waals surface area contributed by atoms with Gasteiger partial charge in [-0.1, -0.05) is 18.7 Å². The van der Waals surface area contributed by atoms with Gasteiger partial charge in [0.1, 0.15) is 5.75 Å². The predicted molar refractivity (Wildman–Crippen MR) is 98.8 cm³/mol. The number of phenolic OH excluding ortho intramolecular Hbond substituents is 1. The van der Waals surface area contributed by atoms with Gasteiger partial charge in [-0.05, 0) is 47.9 Å². The molecule has 128 valence electrons. The number of rotatable bonds is 6. The largest absolute Gasteiger partial charge is 0.504 e. The van der Waals surface area contributed by atoms with Crippen LogP contribution < -0.4 is 14.8 Å². The molecule has 25 heavy (non-hydrogen) atoms. The van der Waals surface area contributed by atoms with E-state index < -0.39 is 0 Å². The molecule has 0 unspecified atom stereocenters. The van der Waals surface area contributed by atoms with E-state index in [2.05, 4.69) is 18.0 Å². The number of nitriles is 1. The zero-order valence-corrected chi connectivity index (χ0v) is 14.5. The molecular formula is C20H20N2O3. The number of benzene rings is 2. The molecule has 0 atom stereocenters. The second-order valence-electron chi connectivity index (χ2n) is 5.39. The summed E-state index contributed by atoms with van der Waals surface area (Å²) in [5, 5.41) is 22.4. The van der Waals surface area contributed by atoms with Gasteiger partial charge >= 0.3 is 0 Å². The maximum absolute atomic E-state index is 10.0. The minimum Gasteiger partial charge on any atom is -0.504 e. The normalized spacial score (nSPS) is 10.7. The molecule has 0 heterocycles. The van der Waals surface area contributed by atoms with Gasteiger partial charge in [-0.15, -0.1) is 0 Å². The van der Waals surface area contributed by atoms with Crippen LogP contribution >= 0.6 is 0 Å². The van der Waals surface area contributed by atoms with Gasteiger partial charge in [0.05, 0.1) is 26.0 Å². The minimum absolute atomic E-state index is 0.0117. The minimum atomic E-state index is 0.0117. The summed E-state index contributed by atoms with van der Waals surface area (Å²) in [6.45, 7) is 5.69. The molecule has 0 saturated heterocycles. The molecule has 0 aromatic heterocycles. The Hall–Kier alpha value is -3.39. The van der Waals surface area contributed by atoms with Crippen LogP contribution in [0.5, 0.6) is 17.2 Å². The van der Waals surface area contributed by atoms with E-state index in [-0.39, 0.29) is 5.75 Å². The summed E-state index contributed by atoms with van der Waals surface area (Å²) in [5.41, 5.74) is 3.69. The smallest absolute Gasteiger partial charge is 0.160 e. The van der Waals surface area contributed by atoms with Crippen LogP contribution in [0.4, 0.5) is 5.69 Å². The Bertz CT molecular complexity index is 864. The lowest BCUT2D eigenvalue weighted by molar-refractivity contribution is 0.373. The van der Waals surface area contributed by atoms with Gasteiger partial charge < -0.3 is 19.9 Å². The van der Waals surface area contributed by atoms with Crippen LogP contribution in [0.15, 0.2) is 54.8 Å². The van der Waals surface area contributed by atoms with Gasteiger partial charge in [-0.25, -0.2) is 0 Å². The van der Waals surface area contributed by atoms with E-state index in [9.17, 15) is 10.4 Å². The number of nitrogens with one attached hydrogen (secondary N) is 1. The SMILES string of the molecule is C=C(C)Nc1cc(C(=CC#N)c2ccc(OC)c(O)c2)ccc1OC. The van der Waals surface area contributed by atoms with Gasteiger partial charge in [0.25, 0.3) is 0 Å². The zero-order chi connectivity index (χ0) is 18.4. The van der Waals surface area contributed by atoms with E-state index in [1.54, 1.807) is 25.3 Å². The Kier molecular flexibility index (Phi) is 5.70. The second kappa shape index (κ2) is 7.93. The van der Waals surface area contributed by atoms with Crippen LogP contribution in [0.2, 0.25) is 0 Å². The maximum Gasteiger partial charge on any atom is 0.160 e. The number of phenols is 1. The lowest BCUT2D eigenvalue weighted by Crippen LogP contribution is -1.99. The molecule has 0 saturated carbocycles. The number of ether oxygens (including phenoxy) is 2. The Labute approximate surface area is 147 Å². The van der Waals surface area contributed by atoms with Crippen LogP contribution in [0.25, 0.3) is 5.57 Å². The lowest BCUT2D eigenvalue weighted by Gasteiger charge is -2.15. The summed E-state index contributed by atoms with van der Waals surface area (Å²) in [6, 6.07) is 12.6. The van der Waals surface area contributed by atoms with Crippen molar-refractivity contribution in [1.29, 1.82) is 5.26 Å². The Morgan fingerprint density at radius 2 is 1.72 bits per heavy atom. The van der Waals surface area contributed by atoms with Crippen molar-refractivity contribution >= 4 is 11.3 Å². The molecule has 0 aliphatic rings. The molecule has 0 aliphatic carbocycles. The average molecular weight is 336 g/mol. The van der Waals surface area contributed by atoms with Crippen molar-refractivity contribution in [2.75, 3.05) is 19.5 Å². The molecule has 2 aromatic carbocycles. The molecule has 2 N–H and O–H groups in total. The molecule has 0 radical (unpaired) electrons. The van der Waals surface area contributed by atoms with Crippen molar-refractivity contribution in [3.63, 3.8) is 0 Å². The number of hydrogen-bond acceptors (Lipinski definition) is 5. The van der Waals surface area contributed by atoms with E-state index in [1.807, 2.05) is 25.1 Å². The summed E-state index contributed by atoms with van der Waals surface area (Å²) >= 11 is 0. The predicted octanol–water partition coefficient (Wildman–Crippen LogP) is 4.31. The second-order valence-corrected chi connectivity index (χ2v) is 5.39. The number of hydrogen-bond donors (Lipinski definition) is 2. The fourth-order valence-electron chi connectivity index (χ4n) is 2.46. The highest BCUT2D eigenvalue weighted by Crippen LogP contribution is 2.35. The molecule has 0 amide bonds. The fourth-order valence-corrected chi connectivity index (χ4v) is 2.46. The van der Waals surface area contributed by atoms with Crippen LogP contribution in [-0.4, -0.2) is 19.3 Å². The highest BCUT2D eigenvalue weighted by Gasteiger charge is 2.12. The number of nitrogens with zero attached hydrogens (tertiary/aromatic N) is 1. The van der Waals surface area contributed by atoms with Crippen molar-refractivity contribution in [2.45, 2.75) is 6.92 Å². The van der Waals surface area contributed by atoms with Crippen LogP contribution in [0, 0.1) is 11.3 Å². The summed E-state index contributed by atoms with van der Waals surface area (Å²) < 4.78 is 10.4. The molecule has 0 bridgehead atoms. The molecule has 5 nitrogen and oxygen atoms in total. The van der Waals surface area contributed by atoms with Gasteiger partial charge in [0.15, 0.2) is 11.5 Å².